The van der Waals surface area contributed by atoms with Gasteiger partial charge in [0.15, 0.2) is 5.16 Å². The second kappa shape index (κ2) is 9.23. The van der Waals surface area contributed by atoms with Crippen molar-refractivity contribution in [3.05, 3.63) is 82.8 Å². The number of anilines is 1. The number of methoxy groups -OCH3 is 1. The predicted molar refractivity (Wildman–Crippen MR) is 127 cm³/mol. The molecule has 0 bridgehead atoms. The Kier molecular flexibility index (Phi) is 6.23. The molecule has 0 aliphatic carbocycles. The van der Waals surface area contributed by atoms with Crippen LogP contribution in [0.2, 0.25) is 0 Å². The lowest BCUT2D eigenvalue weighted by Gasteiger charge is -2.16. The van der Waals surface area contributed by atoms with E-state index < -0.39 is 5.25 Å². The summed E-state index contributed by atoms with van der Waals surface area (Å²) >= 11 is 1.21. The van der Waals surface area contributed by atoms with E-state index in [9.17, 15) is 9.59 Å². The average Bonchev–Trinajstić information content (AvgIpc) is 2.80. The van der Waals surface area contributed by atoms with Crippen LogP contribution in [0.1, 0.15) is 12.5 Å². The number of hydrogen-bond donors (Lipinski definition) is 1. The number of hydrogen-bond acceptors (Lipinski definition) is 6. The smallest absolute Gasteiger partial charge is 0.267 e. The van der Waals surface area contributed by atoms with Crippen LogP contribution in [0.5, 0.6) is 5.75 Å². The van der Waals surface area contributed by atoms with Crippen molar-refractivity contribution in [2.75, 3.05) is 12.4 Å². The number of aromatic nitrogens is 3. The summed E-state index contributed by atoms with van der Waals surface area (Å²) in [4.78, 5) is 35.2. The van der Waals surface area contributed by atoms with Gasteiger partial charge in [0, 0.05) is 11.9 Å². The van der Waals surface area contributed by atoms with Gasteiger partial charge in [-0.3, -0.25) is 9.59 Å². The molecule has 0 saturated heterocycles. The number of ether oxygens (including phenoxy) is 1. The minimum Gasteiger partial charge on any atom is -0.497 e. The lowest BCUT2D eigenvalue weighted by molar-refractivity contribution is -0.115. The predicted octanol–water partition coefficient (Wildman–Crippen LogP) is 4.22. The van der Waals surface area contributed by atoms with Gasteiger partial charge >= 0.3 is 0 Å². The number of rotatable bonds is 6. The summed E-state index contributed by atoms with van der Waals surface area (Å²) in [5.41, 5.74) is 1.99. The van der Waals surface area contributed by atoms with Gasteiger partial charge < -0.3 is 10.1 Å². The summed E-state index contributed by atoms with van der Waals surface area (Å²) in [7, 11) is 1.59. The summed E-state index contributed by atoms with van der Waals surface area (Å²) < 4.78 is 6.61. The molecule has 2 heterocycles. The maximum atomic E-state index is 13.3. The van der Waals surface area contributed by atoms with E-state index in [1.54, 1.807) is 68.8 Å². The standard InChI is InChI=1S/C24H22N4O3S/c1-15-8-13-21(25-14-15)28-23(30)19-6-4-5-7-20(19)27-24(28)32-16(2)22(29)26-17-9-11-18(31-3)12-10-17/h4-14,16H,1-3H3,(H,26,29). The molecule has 4 rings (SSSR count). The third-order valence-electron chi connectivity index (χ3n) is 4.88. The van der Waals surface area contributed by atoms with Crippen molar-refractivity contribution >= 4 is 34.3 Å². The van der Waals surface area contributed by atoms with Gasteiger partial charge in [-0.2, -0.15) is 0 Å². The second-order valence-electron chi connectivity index (χ2n) is 7.22. The number of benzene rings is 2. The Labute approximate surface area is 189 Å². The van der Waals surface area contributed by atoms with Gasteiger partial charge in [-0.05, 0) is 61.9 Å². The quantitative estimate of drug-likeness (QED) is 0.353. The van der Waals surface area contributed by atoms with Crippen molar-refractivity contribution in [1.29, 1.82) is 0 Å². The Morgan fingerprint density at radius 2 is 1.84 bits per heavy atom. The van der Waals surface area contributed by atoms with Crippen LogP contribution in [0.15, 0.2) is 76.8 Å². The molecule has 2 aromatic carbocycles. The van der Waals surface area contributed by atoms with Gasteiger partial charge in [-0.25, -0.2) is 14.5 Å². The Hall–Kier alpha value is -3.65. The van der Waals surface area contributed by atoms with Gasteiger partial charge in [0.25, 0.3) is 5.56 Å². The van der Waals surface area contributed by atoms with E-state index in [1.807, 2.05) is 19.1 Å². The highest BCUT2D eigenvalue weighted by molar-refractivity contribution is 8.00. The zero-order chi connectivity index (χ0) is 22.7. The van der Waals surface area contributed by atoms with E-state index in [-0.39, 0.29) is 11.5 Å². The summed E-state index contributed by atoms with van der Waals surface area (Å²) in [6.07, 6.45) is 1.70. The Morgan fingerprint density at radius 1 is 1.09 bits per heavy atom. The van der Waals surface area contributed by atoms with E-state index in [1.165, 1.54) is 16.3 Å². The minimum absolute atomic E-state index is 0.203. The molecule has 0 spiro atoms. The minimum atomic E-state index is -0.512. The zero-order valence-corrected chi connectivity index (χ0v) is 18.7. The average molecular weight is 447 g/mol. The number of nitrogens with zero attached hydrogens (tertiary/aromatic N) is 3. The summed E-state index contributed by atoms with van der Waals surface area (Å²) in [5, 5.41) is 3.27. The van der Waals surface area contributed by atoms with E-state index >= 15 is 0 Å². The summed E-state index contributed by atoms with van der Waals surface area (Å²) in [6, 6.07) is 17.9. The van der Waals surface area contributed by atoms with Crippen LogP contribution in [0, 0.1) is 6.92 Å². The Balaban J connectivity index is 1.67. The number of nitrogens with one attached hydrogen (secondary N) is 1. The molecular formula is C24H22N4O3S. The Morgan fingerprint density at radius 3 is 2.53 bits per heavy atom. The van der Waals surface area contributed by atoms with E-state index in [0.717, 1.165) is 5.56 Å². The first-order valence-corrected chi connectivity index (χ1v) is 10.9. The molecular weight excluding hydrogens is 424 g/mol. The van der Waals surface area contributed by atoms with Gasteiger partial charge in [0.05, 0.1) is 23.3 Å². The third-order valence-corrected chi connectivity index (χ3v) is 5.93. The van der Waals surface area contributed by atoms with Crippen LogP contribution in [-0.2, 0) is 4.79 Å². The lowest BCUT2D eigenvalue weighted by atomic mass is 10.2. The molecule has 2 aromatic heterocycles. The second-order valence-corrected chi connectivity index (χ2v) is 8.53. The van der Waals surface area contributed by atoms with Crippen molar-refractivity contribution in [3.63, 3.8) is 0 Å². The highest BCUT2D eigenvalue weighted by Gasteiger charge is 2.21. The van der Waals surface area contributed by atoms with Crippen molar-refractivity contribution in [1.82, 2.24) is 14.5 Å². The van der Waals surface area contributed by atoms with Crippen molar-refractivity contribution < 1.29 is 9.53 Å². The highest BCUT2D eigenvalue weighted by atomic mass is 32.2. The van der Waals surface area contributed by atoms with E-state index in [4.69, 9.17) is 4.74 Å². The van der Waals surface area contributed by atoms with Crippen LogP contribution in [0.25, 0.3) is 16.7 Å². The topological polar surface area (TPSA) is 86.1 Å². The van der Waals surface area contributed by atoms with Gasteiger partial charge in [-0.15, -0.1) is 0 Å². The van der Waals surface area contributed by atoms with Crippen LogP contribution in [0.4, 0.5) is 5.69 Å². The van der Waals surface area contributed by atoms with Crippen LogP contribution in [-0.4, -0.2) is 32.8 Å². The normalized spacial score (nSPS) is 11.8. The maximum absolute atomic E-state index is 13.3. The maximum Gasteiger partial charge on any atom is 0.267 e. The van der Waals surface area contributed by atoms with Crippen LogP contribution >= 0.6 is 11.8 Å². The molecule has 0 aliphatic rings. The number of aryl methyl sites for hydroxylation is 1. The molecule has 0 fully saturated rings. The molecule has 7 nitrogen and oxygen atoms in total. The van der Waals surface area contributed by atoms with E-state index in [0.29, 0.717) is 33.3 Å². The Bertz CT molecular complexity index is 1320. The zero-order valence-electron chi connectivity index (χ0n) is 17.9. The molecule has 32 heavy (non-hydrogen) atoms. The first kappa shape index (κ1) is 21.6. The summed E-state index contributed by atoms with van der Waals surface area (Å²) in [5.74, 6) is 0.968. The largest absolute Gasteiger partial charge is 0.497 e. The number of amides is 1. The SMILES string of the molecule is COc1ccc(NC(=O)C(C)Sc2nc3ccccc3c(=O)n2-c2ccc(C)cn2)cc1. The molecule has 4 aromatic rings. The molecule has 1 N–H and O–H groups in total. The fourth-order valence-corrected chi connectivity index (χ4v) is 4.03. The summed E-state index contributed by atoms with van der Waals surface area (Å²) in [6.45, 7) is 3.71. The highest BCUT2D eigenvalue weighted by Crippen LogP contribution is 2.26. The molecule has 1 amide bonds. The molecule has 0 saturated carbocycles. The van der Waals surface area contributed by atoms with Gasteiger partial charge in [0.2, 0.25) is 5.91 Å². The third kappa shape index (κ3) is 4.50. The number of carbonyl (C=O) groups is 1. The van der Waals surface area contributed by atoms with Crippen LogP contribution in [0.3, 0.4) is 0 Å². The molecule has 1 atom stereocenters. The van der Waals surface area contributed by atoms with Crippen molar-refractivity contribution in [2.24, 2.45) is 0 Å². The molecule has 1 unspecified atom stereocenters. The first-order valence-electron chi connectivity index (χ1n) is 10.0. The number of pyridine rings is 1. The van der Waals surface area contributed by atoms with Gasteiger partial charge in [0.1, 0.15) is 11.6 Å². The monoisotopic (exact) mass is 446 g/mol. The van der Waals surface area contributed by atoms with Gasteiger partial charge in [-0.1, -0.05) is 30.0 Å². The molecule has 0 aliphatic heterocycles. The first-order chi connectivity index (χ1) is 15.5. The number of para-hydroxylation sites is 1. The van der Waals surface area contributed by atoms with Crippen LogP contribution < -0.4 is 15.6 Å². The molecule has 8 heteroatoms. The molecule has 0 radical (unpaired) electrons. The lowest BCUT2D eigenvalue weighted by Crippen LogP contribution is -2.26. The van der Waals surface area contributed by atoms with E-state index in [2.05, 4.69) is 15.3 Å². The fraction of sp³-hybridized carbons (Fsp3) is 0.167. The molecule has 162 valence electrons. The number of fused-ring (bicyclic) bond motifs is 1. The van der Waals surface area contributed by atoms with Crippen molar-refractivity contribution in [2.45, 2.75) is 24.3 Å². The van der Waals surface area contributed by atoms with Crippen molar-refractivity contribution in [3.8, 4) is 11.6 Å². The fourth-order valence-electron chi connectivity index (χ4n) is 3.12. The number of carbonyl (C=O) groups excluding carboxylic acids is 1. The number of thioether (sulfide) groups is 1.